The number of nitrogens with zero attached hydrogens (tertiary/aromatic N) is 3. The van der Waals surface area contributed by atoms with Crippen molar-refractivity contribution in [2.24, 2.45) is 10.9 Å². The van der Waals surface area contributed by atoms with Crippen molar-refractivity contribution in [1.29, 1.82) is 0 Å². The van der Waals surface area contributed by atoms with Crippen molar-refractivity contribution in [3.05, 3.63) is 11.8 Å². The van der Waals surface area contributed by atoms with Crippen LogP contribution in [0.1, 0.15) is 148 Å². The number of ether oxygens (including phenoxy) is 2. The molecule has 2 aliphatic rings. The van der Waals surface area contributed by atoms with E-state index in [1.165, 1.54) is 64.2 Å². The normalized spacial score (nSPS) is 22.0. The number of aliphatic hydroxyl groups excluding tert-OH is 1. The monoisotopic (exact) mass is 656 g/mol. The summed E-state index contributed by atoms with van der Waals surface area (Å²) >= 11 is 0. The van der Waals surface area contributed by atoms with Crippen molar-refractivity contribution >= 4 is 29.6 Å². The molecule has 2 N–H and O–H groups in total. The zero-order valence-electron chi connectivity index (χ0n) is 28.7. The smallest absolute Gasteiger partial charge is 0.310 e. The minimum absolute atomic E-state index is 0.0738. The summed E-state index contributed by atoms with van der Waals surface area (Å²) in [6.45, 7) is 3.78. The molecule has 1 saturated heterocycles. The van der Waals surface area contributed by atoms with Gasteiger partial charge in [-0.05, 0) is 38.0 Å². The first kappa shape index (κ1) is 38.5. The fourth-order valence-corrected chi connectivity index (χ4v) is 6.45. The van der Waals surface area contributed by atoms with Gasteiger partial charge in [-0.2, -0.15) is 9.37 Å². The van der Waals surface area contributed by atoms with E-state index < -0.39 is 24.4 Å². The van der Waals surface area contributed by atoms with E-state index in [1.807, 2.05) is 6.92 Å². The summed E-state index contributed by atoms with van der Waals surface area (Å²) in [5, 5.41) is 12.9. The lowest BCUT2D eigenvalue weighted by Crippen LogP contribution is -2.44. The van der Waals surface area contributed by atoms with Crippen molar-refractivity contribution in [2.45, 2.75) is 166 Å². The Bertz CT molecular complexity index is 1190. The minimum atomic E-state index is -1.40. The highest BCUT2D eigenvalue weighted by Gasteiger charge is 2.50. The Morgan fingerprint density at radius 3 is 2.26 bits per heavy atom. The predicted molar refractivity (Wildman–Crippen MR) is 183 cm³/mol. The number of esters is 1. The van der Waals surface area contributed by atoms with Gasteiger partial charge in [0.1, 0.15) is 11.8 Å². The molecule has 9 nitrogen and oxygen atoms in total. The average Bonchev–Trinajstić information content (AvgIpc) is 3.26. The SMILES string of the molecule is C#C[C@]1(CO)OC(CC2C=Nc3c(nc(F)nc3NC(=O)CCCC)CC2)C[C@@H]1OC(=O)CCCCCCCCCCCCCCC. The molecule has 1 aromatic rings. The fourth-order valence-electron chi connectivity index (χ4n) is 6.45. The molecule has 3 heterocycles. The summed E-state index contributed by atoms with van der Waals surface area (Å²) in [7, 11) is 0. The van der Waals surface area contributed by atoms with Gasteiger partial charge in [-0.15, -0.1) is 6.42 Å². The molecule has 0 spiro atoms. The molecule has 0 aromatic carbocycles. The molecule has 3 rings (SSSR count). The van der Waals surface area contributed by atoms with E-state index >= 15 is 0 Å². The number of carbonyl (C=O) groups is 2. The van der Waals surface area contributed by atoms with Crippen LogP contribution in [0.5, 0.6) is 0 Å². The molecule has 262 valence electrons. The van der Waals surface area contributed by atoms with E-state index in [0.29, 0.717) is 49.9 Å². The number of fused-ring (bicyclic) bond motifs is 1. The Balaban J connectivity index is 1.43. The first-order valence-electron chi connectivity index (χ1n) is 18.2. The number of aliphatic hydroxyl groups is 1. The molecule has 2 unspecified atom stereocenters. The van der Waals surface area contributed by atoms with Crippen LogP contribution in [0.2, 0.25) is 0 Å². The third-order valence-corrected chi connectivity index (χ3v) is 9.29. The Hall–Kier alpha value is -2.90. The minimum Gasteiger partial charge on any atom is -0.458 e. The maximum Gasteiger partial charge on any atom is 0.310 e. The number of halogens is 1. The van der Waals surface area contributed by atoms with Crippen LogP contribution >= 0.6 is 0 Å². The Labute approximate surface area is 281 Å². The number of rotatable bonds is 22. The van der Waals surface area contributed by atoms with Crippen LogP contribution in [0.3, 0.4) is 0 Å². The van der Waals surface area contributed by atoms with Crippen molar-refractivity contribution in [3.63, 3.8) is 0 Å². The zero-order valence-corrected chi connectivity index (χ0v) is 28.7. The number of unbranched alkanes of at least 4 members (excludes halogenated alkanes) is 13. The average molecular weight is 657 g/mol. The number of hydrogen-bond donors (Lipinski definition) is 2. The van der Waals surface area contributed by atoms with Crippen molar-refractivity contribution in [3.8, 4) is 12.3 Å². The molecule has 0 saturated carbocycles. The van der Waals surface area contributed by atoms with Crippen molar-refractivity contribution in [2.75, 3.05) is 11.9 Å². The second-order valence-electron chi connectivity index (χ2n) is 13.2. The third-order valence-electron chi connectivity index (χ3n) is 9.29. The topological polar surface area (TPSA) is 123 Å². The fraction of sp³-hybridized carbons (Fsp3) is 0.757. The van der Waals surface area contributed by atoms with Gasteiger partial charge in [0.2, 0.25) is 5.91 Å². The summed E-state index contributed by atoms with van der Waals surface area (Å²) in [6.07, 6.45) is 25.7. The molecule has 1 fully saturated rings. The number of hydrogen-bond acceptors (Lipinski definition) is 8. The van der Waals surface area contributed by atoms with Crippen LogP contribution in [-0.2, 0) is 25.5 Å². The number of aromatic nitrogens is 2. The van der Waals surface area contributed by atoms with Gasteiger partial charge in [0.05, 0.1) is 18.4 Å². The molecule has 0 bridgehead atoms. The molecule has 0 radical (unpaired) electrons. The molecule has 10 heteroatoms. The first-order chi connectivity index (χ1) is 22.8. The highest BCUT2D eigenvalue weighted by atomic mass is 19.1. The Morgan fingerprint density at radius 2 is 1.64 bits per heavy atom. The number of anilines is 1. The molecule has 0 aliphatic carbocycles. The maximum atomic E-state index is 14.2. The van der Waals surface area contributed by atoms with Crippen molar-refractivity contribution in [1.82, 2.24) is 9.97 Å². The summed E-state index contributed by atoms with van der Waals surface area (Å²) in [5.74, 6) is 1.99. The van der Waals surface area contributed by atoms with Gasteiger partial charge in [-0.1, -0.05) is 103 Å². The second-order valence-corrected chi connectivity index (χ2v) is 13.2. The number of carbonyl (C=O) groups excluding carboxylic acids is 2. The van der Waals surface area contributed by atoms with Crippen LogP contribution < -0.4 is 5.32 Å². The van der Waals surface area contributed by atoms with E-state index in [1.54, 1.807) is 6.21 Å². The molecule has 4 atom stereocenters. The third kappa shape index (κ3) is 12.9. The van der Waals surface area contributed by atoms with Crippen LogP contribution in [-0.4, -0.2) is 57.6 Å². The van der Waals surface area contributed by atoms with Gasteiger partial charge in [0.15, 0.2) is 11.4 Å². The number of amides is 1. The van der Waals surface area contributed by atoms with Crippen molar-refractivity contribution < 1.29 is 28.6 Å². The highest BCUT2D eigenvalue weighted by Crippen LogP contribution is 2.38. The van der Waals surface area contributed by atoms with Gasteiger partial charge in [-0.3, -0.25) is 14.6 Å². The number of terminal acetylenes is 1. The highest BCUT2D eigenvalue weighted by molar-refractivity contribution is 5.93. The molecule has 47 heavy (non-hydrogen) atoms. The summed E-state index contributed by atoms with van der Waals surface area (Å²) < 4.78 is 26.2. The molecule has 1 amide bonds. The Morgan fingerprint density at radius 1 is 1.00 bits per heavy atom. The first-order valence-corrected chi connectivity index (χ1v) is 18.2. The quantitative estimate of drug-likeness (QED) is 0.0562. The standard InChI is InChI=1S/C37H57FN4O5/c1-4-7-9-10-11-12-13-14-15-16-17-18-19-21-33(45)46-31-25-29(47-37(31,6-3)27-43)24-28-22-23-30-34(39-26-28)35(42-36(38)40-30)41-32(44)20-8-5-2/h3,26,28-29,31,43H,4-5,7-25,27H2,1-2H3,(H,40,41,42,44)/t28?,29?,31-,37+/m0/s1. The van der Waals surface area contributed by atoms with Crippen LogP contribution in [0.4, 0.5) is 15.9 Å². The van der Waals surface area contributed by atoms with E-state index in [9.17, 15) is 19.1 Å². The maximum absolute atomic E-state index is 14.2. The van der Waals surface area contributed by atoms with Gasteiger partial charge in [-0.25, -0.2) is 4.98 Å². The molecule has 1 aromatic heterocycles. The lowest BCUT2D eigenvalue weighted by Gasteiger charge is -2.27. The summed E-state index contributed by atoms with van der Waals surface area (Å²) in [6, 6.07) is 0. The van der Waals surface area contributed by atoms with E-state index in [4.69, 9.17) is 15.9 Å². The van der Waals surface area contributed by atoms with Gasteiger partial charge < -0.3 is 19.9 Å². The van der Waals surface area contributed by atoms with Gasteiger partial charge >= 0.3 is 12.0 Å². The molecule has 2 aliphatic heterocycles. The van der Waals surface area contributed by atoms with Crippen LogP contribution in [0.15, 0.2) is 4.99 Å². The number of nitrogens with one attached hydrogen (secondary N) is 1. The zero-order chi connectivity index (χ0) is 33.9. The predicted octanol–water partition coefficient (Wildman–Crippen LogP) is 7.95. The Kier molecular flexibility index (Phi) is 17.3. The second kappa shape index (κ2) is 21.1. The lowest BCUT2D eigenvalue weighted by atomic mass is 9.93. The van der Waals surface area contributed by atoms with E-state index in [-0.39, 0.29) is 29.7 Å². The van der Waals surface area contributed by atoms with E-state index in [2.05, 4.69) is 33.1 Å². The largest absolute Gasteiger partial charge is 0.458 e. The lowest BCUT2D eigenvalue weighted by molar-refractivity contribution is -0.158. The van der Waals surface area contributed by atoms with E-state index in [0.717, 1.165) is 32.1 Å². The molecular formula is C37H57FN4O5. The van der Waals surface area contributed by atoms with Gasteiger partial charge in [0.25, 0.3) is 0 Å². The summed E-state index contributed by atoms with van der Waals surface area (Å²) in [5.41, 5.74) is -0.604. The summed E-state index contributed by atoms with van der Waals surface area (Å²) in [4.78, 5) is 37.4. The number of aryl methyl sites for hydroxylation is 1. The van der Waals surface area contributed by atoms with Crippen LogP contribution in [0, 0.1) is 24.3 Å². The van der Waals surface area contributed by atoms with Crippen LogP contribution in [0.25, 0.3) is 0 Å². The number of aliphatic imine (C=N–C) groups is 1. The molecular weight excluding hydrogens is 599 g/mol. The van der Waals surface area contributed by atoms with Gasteiger partial charge in [0, 0.05) is 25.5 Å².